The van der Waals surface area contributed by atoms with Gasteiger partial charge in [-0.15, -0.1) is 0 Å². The van der Waals surface area contributed by atoms with Gasteiger partial charge in [0, 0.05) is 17.1 Å². The van der Waals surface area contributed by atoms with Crippen molar-refractivity contribution in [1.29, 1.82) is 0 Å². The summed E-state index contributed by atoms with van der Waals surface area (Å²) in [6.07, 6.45) is -4.04. The first kappa shape index (κ1) is 27.3. The molecule has 11 heteroatoms. The van der Waals surface area contributed by atoms with Gasteiger partial charge in [-0.05, 0) is 53.9 Å². The molecule has 0 radical (unpaired) electrons. The molecule has 3 N–H and O–H groups in total. The van der Waals surface area contributed by atoms with Crippen molar-refractivity contribution in [1.82, 2.24) is 5.32 Å². The summed E-state index contributed by atoms with van der Waals surface area (Å²) in [5.74, 6) is -1.33. The molecular weight excluding hydrogens is 523 g/mol. The van der Waals surface area contributed by atoms with Crippen molar-refractivity contribution in [3.05, 3.63) is 98.8 Å². The number of nitrogens with one attached hydrogen (secondary N) is 1. The predicted molar refractivity (Wildman–Crippen MR) is 127 cm³/mol. The highest BCUT2D eigenvalue weighted by Gasteiger charge is 2.34. The number of hydrogen-bond acceptors (Lipinski definition) is 3. The zero-order valence-electron chi connectivity index (χ0n) is 18.5. The van der Waals surface area contributed by atoms with E-state index in [9.17, 15) is 27.2 Å². The maximum absolute atomic E-state index is 13.1. The molecule has 2 amide bonds. The van der Waals surface area contributed by atoms with E-state index < -0.39 is 29.4 Å². The minimum Gasteiger partial charge on any atom is -0.492 e. The van der Waals surface area contributed by atoms with Crippen LogP contribution in [0.3, 0.4) is 0 Å². The zero-order valence-corrected chi connectivity index (χ0v) is 20.1. The summed E-state index contributed by atoms with van der Waals surface area (Å²) in [7, 11) is 0. The molecule has 3 aromatic rings. The summed E-state index contributed by atoms with van der Waals surface area (Å²) >= 11 is 11.0. The van der Waals surface area contributed by atoms with Crippen molar-refractivity contribution in [2.75, 3.05) is 6.61 Å². The summed E-state index contributed by atoms with van der Waals surface area (Å²) in [6.45, 7) is -0.0153. The van der Waals surface area contributed by atoms with Crippen LogP contribution in [0.5, 0.6) is 5.75 Å². The normalized spacial score (nSPS) is 14.6. The molecule has 190 valence electrons. The molecule has 1 heterocycles. The van der Waals surface area contributed by atoms with E-state index in [0.717, 1.165) is 23.4 Å². The van der Waals surface area contributed by atoms with Gasteiger partial charge in [0.2, 0.25) is 11.8 Å². The van der Waals surface area contributed by atoms with E-state index in [1.165, 1.54) is 24.3 Å². The summed E-state index contributed by atoms with van der Waals surface area (Å²) < 4.78 is 57.4. The highest BCUT2D eigenvalue weighted by atomic mass is 35.5. The van der Waals surface area contributed by atoms with Gasteiger partial charge < -0.3 is 15.8 Å². The molecule has 5 nitrogen and oxygen atoms in total. The van der Waals surface area contributed by atoms with Crippen LogP contribution in [0.2, 0.25) is 10.0 Å². The van der Waals surface area contributed by atoms with Crippen molar-refractivity contribution < 1.29 is 31.9 Å². The number of para-hydroxylation sites is 1. The Morgan fingerprint density at radius 1 is 1.06 bits per heavy atom. The topological polar surface area (TPSA) is 81.4 Å². The smallest absolute Gasteiger partial charge is 0.416 e. The summed E-state index contributed by atoms with van der Waals surface area (Å²) in [6, 6.07) is 14.6. The average Bonchev–Trinajstić information content (AvgIpc) is 2.84. The summed E-state index contributed by atoms with van der Waals surface area (Å²) in [5.41, 5.74) is 5.05. The number of hydrogen-bond donors (Lipinski definition) is 2. The van der Waals surface area contributed by atoms with Gasteiger partial charge in [-0.2, -0.15) is 13.2 Å². The SMILES string of the molecule is NC(=O)c1ccc(Cl)c(F)c1.O=C(NCc1ccc(Cl)cc1C(F)(F)F)C1COc2ccccc2C1. The van der Waals surface area contributed by atoms with E-state index in [0.29, 0.717) is 6.42 Å². The van der Waals surface area contributed by atoms with Gasteiger partial charge in [-0.1, -0.05) is 47.5 Å². The van der Waals surface area contributed by atoms with Crippen LogP contribution in [0.1, 0.15) is 27.0 Å². The number of fused-ring (bicyclic) bond motifs is 1. The number of alkyl halides is 3. The van der Waals surface area contributed by atoms with Crippen LogP contribution in [0, 0.1) is 11.7 Å². The van der Waals surface area contributed by atoms with E-state index in [-0.39, 0.29) is 40.2 Å². The summed E-state index contributed by atoms with van der Waals surface area (Å²) in [5, 5.41) is 2.55. The maximum atomic E-state index is 13.1. The fraction of sp³-hybridized carbons (Fsp3) is 0.200. The number of amides is 2. The largest absolute Gasteiger partial charge is 0.492 e. The highest BCUT2D eigenvalue weighted by Crippen LogP contribution is 2.34. The molecule has 1 aliphatic heterocycles. The van der Waals surface area contributed by atoms with Gasteiger partial charge in [0.25, 0.3) is 0 Å². The Morgan fingerprint density at radius 3 is 2.44 bits per heavy atom. The van der Waals surface area contributed by atoms with E-state index in [1.807, 2.05) is 24.3 Å². The monoisotopic (exact) mass is 542 g/mol. The predicted octanol–water partition coefficient (Wildman–Crippen LogP) is 5.80. The molecule has 0 aromatic heterocycles. The molecule has 1 atom stereocenters. The van der Waals surface area contributed by atoms with Gasteiger partial charge in [-0.3, -0.25) is 9.59 Å². The molecule has 4 rings (SSSR count). The molecule has 36 heavy (non-hydrogen) atoms. The van der Waals surface area contributed by atoms with Crippen molar-refractivity contribution in [2.45, 2.75) is 19.1 Å². The first-order valence-corrected chi connectivity index (χ1v) is 11.3. The third-order valence-corrected chi connectivity index (χ3v) is 5.83. The Balaban J connectivity index is 0.000000275. The molecule has 0 spiro atoms. The molecule has 0 saturated carbocycles. The molecule has 0 aliphatic carbocycles. The second-order valence-corrected chi connectivity index (χ2v) is 8.67. The molecule has 1 unspecified atom stereocenters. The first-order chi connectivity index (χ1) is 17.0. The van der Waals surface area contributed by atoms with Crippen molar-refractivity contribution in [2.24, 2.45) is 11.7 Å². The zero-order chi connectivity index (χ0) is 26.5. The number of benzene rings is 3. The molecule has 0 fully saturated rings. The van der Waals surface area contributed by atoms with Gasteiger partial charge >= 0.3 is 6.18 Å². The van der Waals surface area contributed by atoms with E-state index in [2.05, 4.69) is 5.32 Å². The maximum Gasteiger partial charge on any atom is 0.416 e. The van der Waals surface area contributed by atoms with E-state index in [1.54, 1.807) is 0 Å². The van der Waals surface area contributed by atoms with E-state index >= 15 is 0 Å². The Morgan fingerprint density at radius 2 is 1.78 bits per heavy atom. The molecule has 1 aliphatic rings. The number of halogens is 6. The standard InChI is InChI=1S/C18H15ClF3NO2.C7H5ClFNO/c19-14-6-5-12(15(8-14)18(20,21)22)9-23-17(24)13-7-11-3-1-2-4-16(11)25-10-13;8-5-2-1-4(7(10)11)3-6(5)9/h1-6,8,13H,7,9-10H2,(H,23,24);1-3H,(H2,10,11). The van der Waals surface area contributed by atoms with E-state index in [4.69, 9.17) is 33.7 Å². The Labute approximate surface area is 214 Å². The van der Waals surface area contributed by atoms with Crippen molar-refractivity contribution in [3.8, 4) is 5.75 Å². The second kappa shape index (κ2) is 11.6. The lowest BCUT2D eigenvalue weighted by atomic mass is 9.96. The van der Waals surface area contributed by atoms with Crippen molar-refractivity contribution in [3.63, 3.8) is 0 Å². The first-order valence-electron chi connectivity index (χ1n) is 10.5. The van der Waals surface area contributed by atoms with Crippen molar-refractivity contribution >= 4 is 35.0 Å². The van der Waals surface area contributed by atoms with Gasteiger partial charge in [0.05, 0.1) is 16.5 Å². The Kier molecular flexibility index (Phi) is 8.81. The lowest BCUT2D eigenvalue weighted by Gasteiger charge is -2.24. The average molecular weight is 543 g/mol. The van der Waals surface area contributed by atoms with Gasteiger partial charge in [0.15, 0.2) is 0 Å². The van der Waals surface area contributed by atoms with Crippen LogP contribution in [0.4, 0.5) is 17.6 Å². The number of ether oxygens (including phenoxy) is 1. The third kappa shape index (κ3) is 7.11. The van der Waals surface area contributed by atoms with Crippen LogP contribution >= 0.6 is 23.2 Å². The van der Waals surface area contributed by atoms with Gasteiger partial charge in [0.1, 0.15) is 18.2 Å². The number of carbonyl (C=O) groups excluding carboxylic acids is 2. The number of primary amides is 1. The minimum absolute atomic E-state index is 0.000288. The quantitative estimate of drug-likeness (QED) is 0.408. The van der Waals surface area contributed by atoms with Crippen LogP contribution in [0.15, 0.2) is 60.7 Å². The second-order valence-electron chi connectivity index (χ2n) is 7.83. The molecule has 3 aromatic carbocycles. The van der Waals surface area contributed by atoms with Crippen LogP contribution in [0.25, 0.3) is 0 Å². The van der Waals surface area contributed by atoms with Crippen LogP contribution < -0.4 is 15.8 Å². The van der Waals surface area contributed by atoms with Crippen LogP contribution in [-0.2, 0) is 23.9 Å². The Hall–Kier alpha value is -3.30. The molecule has 0 saturated heterocycles. The highest BCUT2D eigenvalue weighted by molar-refractivity contribution is 6.31. The molecular formula is C25H20Cl2F4N2O3. The fourth-order valence-corrected chi connectivity index (χ4v) is 3.73. The molecule has 0 bridgehead atoms. The number of nitrogens with two attached hydrogens (primary N) is 1. The minimum atomic E-state index is -4.53. The summed E-state index contributed by atoms with van der Waals surface area (Å²) in [4.78, 5) is 22.8. The van der Waals surface area contributed by atoms with Gasteiger partial charge in [-0.25, -0.2) is 4.39 Å². The number of carbonyl (C=O) groups is 2. The Bertz CT molecular complexity index is 1270. The lowest BCUT2D eigenvalue weighted by Crippen LogP contribution is -2.37. The van der Waals surface area contributed by atoms with Crippen LogP contribution in [-0.4, -0.2) is 18.4 Å². The number of rotatable bonds is 4. The fourth-order valence-electron chi connectivity index (χ4n) is 3.44. The third-order valence-electron chi connectivity index (χ3n) is 5.28. The lowest BCUT2D eigenvalue weighted by molar-refractivity contribution is -0.138.